The van der Waals surface area contributed by atoms with Gasteiger partial charge in [-0.2, -0.15) is 30.9 Å². The van der Waals surface area contributed by atoms with Crippen molar-refractivity contribution in [2.24, 2.45) is 0 Å². The number of hydrogen-bond donors (Lipinski definition) is 1. The van der Waals surface area contributed by atoms with Gasteiger partial charge in [-0.05, 0) is 12.1 Å². The van der Waals surface area contributed by atoms with Crippen LogP contribution in [-0.2, 0) is 11.3 Å². The molecule has 0 fully saturated rings. The average molecular weight is 467 g/mol. The Morgan fingerprint density at radius 1 is 1.03 bits per heavy atom. The molecule has 172 valence electrons. The maximum atomic E-state index is 12.4. The van der Waals surface area contributed by atoms with Gasteiger partial charge in [0.1, 0.15) is 12.9 Å². The van der Waals surface area contributed by atoms with E-state index in [9.17, 15) is 35.9 Å². The molecule has 0 saturated carbocycles. The van der Waals surface area contributed by atoms with E-state index >= 15 is 0 Å². The Morgan fingerprint density at radius 3 is 2.41 bits per heavy atom. The summed E-state index contributed by atoms with van der Waals surface area (Å²) < 4.78 is 84.7. The molecule has 3 rings (SSSR count). The van der Waals surface area contributed by atoms with Gasteiger partial charge < -0.3 is 14.8 Å². The Balaban J connectivity index is 1.79. The van der Waals surface area contributed by atoms with Crippen molar-refractivity contribution in [2.45, 2.75) is 18.9 Å². The molecule has 0 atom stereocenters. The normalized spacial score (nSPS) is 12.1. The molecule has 0 aromatic carbocycles. The minimum absolute atomic E-state index is 0.0222. The SMILES string of the molecule is O=C(Cn1nc(OCC(F)(F)F)c(OCC(F)(F)F)cc1=O)Nc1ccc2nncn2n1. The first kappa shape index (κ1) is 22.8. The van der Waals surface area contributed by atoms with E-state index in [0.717, 1.165) is 0 Å². The summed E-state index contributed by atoms with van der Waals surface area (Å²) in [4.78, 5) is 24.3. The molecule has 0 aliphatic heterocycles. The highest BCUT2D eigenvalue weighted by Gasteiger charge is 2.32. The number of carbonyl (C=O) groups is 1. The zero-order valence-electron chi connectivity index (χ0n) is 15.5. The topological polar surface area (TPSA) is 126 Å². The number of alkyl halides is 6. The highest BCUT2D eigenvalue weighted by Crippen LogP contribution is 2.27. The van der Waals surface area contributed by atoms with Gasteiger partial charge in [0.25, 0.3) is 11.4 Å². The van der Waals surface area contributed by atoms with Crippen molar-refractivity contribution in [3.63, 3.8) is 0 Å². The van der Waals surface area contributed by atoms with Crippen LogP contribution >= 0.6 is 0 Å². The molecule has 0 bridgehead atoms. The summed E-state index contributed by atoms with van der Waals surface area (Å²) in [7, 11) is 0. The van der Waals surface area contributed by atoms with Crippen molar-refractivity contribution in [1.82, 2.24) is 29.6 Å². The van der Waals surface area contributed by atoms with Crippen molar-refractivity contribution in [3.05, 3.63) is 34.9 Å². The molecule has 0 radical (unpaired) electrons. The van der Waals surface area contributed by atoms with Crippen molar-refractivity contribution in [1.29, 1.82) is 0 Å². The Kier molecular flexibility index (Phi) is 6.17. The van der Waals surface area contributed by atoms with Crippen LogP contribution in [0.25, 0.3) is 5.65 Å². The molecule has 1 amide bonds. The summed E-state index contributed by atoms with van der Waals surface area (Å²) >= 11 is 0. The lowest BCUT2D eigenvalue weighted by Crippen LogP contribution is -2.31. The number of fused-ring (bicyclic) bond motifs is 1. The number of halogens is 6. The van der Waals surface area contributed by atoms with Crippen LogP contribution < -0.4 is 20.3 Å². The highest BCUT2D eigenvalue weighted by atomic mass is 19.4. The van der Waals surface area contributed by atoms with Gasteiger partial charge in [0.2, 0.25) is 5.91 Å². The smallest absolute Gasteiger partial charge is 0.422 e. The van der Waals surface area contributed by atoms with Gasteiger partial charge in [0.15, 0.2) is 30.4 Å². The molecular weight excluding hydrogens is 456 g/mol. The standard InChI is InChI=1S/C15H11F6N7O4/c16-14(17,18)5-31-8-3-12(30)27(26-13(8)32-6-15(19,20)21)4-11(29)23-9-1-2-10-24-22-7-28(10)25-9/h1-3,7H,4-6H2,(H,23,25,29). The zero-order valence-corrected chi connectivity index (χ0v) is 15.5. The molecule has 11 nitrogen and oxygen atoms in total. The molecule has 32 heavy (non-hydrogen) atoms. The van der Waals surface area contributed by atoms with Crippen LogP contribution in [0.4, 0.5) is 32.2 Å². The third-order valence-corrected chi connectivity index (χ3v) is 3.42. The molecule has 0 unspecified atom stereocenters. The molecule has 3 aromatic rings. The summed E-state index contributed by atoms with van der Waals surface area (Å²) in [5.41, 5.74) is -0.749. The van der Waals surface area contributed by atoms with Crippen LogP contribution in [-0.4, -0.2) is 61.1 Å². The number of ether oxygens (including phenoxy) is 2. The number of nitrogens with zero attached hydrogens (tertiary/aromatic N) is 6. The second-order valence-electron chi connectivity index (χ2n) is 6.02. The van der Waals surface area contributed by atoms with Crippen LogP contribution in [0.3, 0.4) is 0 Å². The molecular formula is C15H11F6N7O4. The molecule has 3 heterocycles. The number of aromatic nitrogens is 6. The number of anilines is 1. The zero-order chi connectivity index (χ0) is 23.5. The molecule has 0 aliphatic carbocycles. The van der Waals surface area contributed by atoms with Crippen LogP contribution in [0.2, 0.25) is 0 Å². The van der Waals surface area contributed by atoms with Gasteiger partial charge >= 0.3 is 12.4 Å². The maximum Gasteiger partial charge on any atom is 0.422 e. The predicted octanol–water partition coefficient (Wildman–Crippen LogP) is 1.20. The van der Waals surface area contributed by atoms with Crippen LogP contribution in [0.15, 0.2) is 29.3 Å². The minimum Gasteiger partial charge on any atom is -0.478 e. The first-order chi connectivity index (χ1) is 14.9. The highest BCUT2D eigenvalue weighted by molar-refractivity contribution is 5.89. The second kappa shape index (κ2) is 8.67. The van der Waals surface area contributed by atoms with Crippen LogP contribution in [0, 0.1) is 0 Å². The van der Waals surface area contributed by atoms with Crippen LogP contribution in [0.5, 0.6) is 11.6 Å². The summed E-state index contributed by atoms with van der Waals surface area (Å²) in [6.07, 6.45) is -8.44. The Hall–Kier alpha value is -3.92. The number of rotatable bonds is 7. The minimum atomic E-state index is -4.85. The number of amides is 1. The Morgan fingerprint density at radius 2 is 1.72 bits per heavy atom. The van der Waals surface area contributed by atoms with Gasteiger partial charge in [-0.15, -0.1) is 20.4 Å². The molecule has 0 aliphatic rings. The van der Waals surface area contributed by atoms with E-state index in [0.29, 0.717) is 16.4 Å². The average Bonchev–Trinajstić information content (AvgIpc) is 3.13. The van der Waals surface area contributed by atoms with Crippen molar-refractivity contribution >= 4 is 17.4 Å². The van der Waals surface area contributed by atoms with Gasteiger partial charge in [-0.3, -0.25) is 9.59 Å². The van der Waals surface area contributed by atoms with E-state index in [2.05, 4.69) is 35.2 Å². The summed E-state index contributed by atoms with van der Waals surface area (Å²) in [6, 6.07) is 3.26. The Labute approximate surface area is 172 Å². The van der Waals surface area contributed by atoms with E-state index in [1.807, 2.05) is 0 Å². The lowest BCUT2D eigenvalue weighted by atomic mass is 10.4. The summed E-state index contributed by atoms with van der Waals surface area (Å²) in [6.45, 7) is -4.64. The van der Waals surface area contributed by atoms with E-state index in [1.165, 1.54) is 23.0 Å². The second-order valence-corrected chi connectivity index (χ2v) is 6.02. The molecule has 17 heteroatoms. The van der Waals surface area contributed by atoms with E-state index in [4.69, 9.17) is 0 Å². The van der Waals surface area contributed by atoms with Gasteiger partial charge in [-0.1, -0.05) is 0 Å². The summed E-state index contributed by atoms with van der Waals surface area (Å²) in [5.74, 6) is -2.87. The van der Waals surface area contributed by atoms with Crippen molar-refractivity contribution in [2.75, 3.05) is 18.5 Å². The molecule has 3 aromatic heterocycles. The van der Waals surface area contributed by atoms with Gasteiger partial charge in [-0.25, -0.2) is 4.68 Å². The van der Waals surface area contributed by atoms with E-state index < -0.39 is 55.2 Å². The van der Waals surface area contributed by atoms with Gasteiger partial charge in [0.05, 0.1) is 6.07 Å². The summed E-state index contributed by atoms with van der Waals surface area (Å²) in [5, 5.41) is 16.9. The lowest BCUT2D eigenvalue weighted by Gasteiger charge is -2.15. The fourth-order valence-electron chi connectivity index (χ4n) is 2.20. The van der Waals surface area contributed by atoms with E-state index in [-0.39, 0.29) is 5.82 Å². The van der Waals surface area contributed by atoms with E-state index in [1.54, 1.807) is 0 Å². The lowest BCUT2D eigenvalue weighted by molar-refractivity contribution is -0.159. The monoisotopic (exact) mass is 467 g/mol. The third-order valence-electron chi connectivity index (χ3n) is 3.42. The number of nitrogens with one attached hydrogen (secondary N) is 1. The quantitative estimate of drug-likeness (QED) is 0.514. The fraction of sp³-hybridized carbons (Fsp3) is 0.333. The first-order valence-corrected chi connectivity index (χ1v) is 8.38. The maximum absolute atomic E-state index is 12.4. The van der Waals surface area contributed by atoms with Crippen LogP contribution in [0.1, 0.15) is 0 Å². The van der Waals surface area contributed by atoms with Gasteiger partial charge in [0, 0.05) is 0 Å². The molecule has 1 N–H and O–H groups in total. The largest absolute Gasteiger partial charge is 0.478 e. The predicted molar refractivity (Wildman–Crippen MR) is 91.0 cm³/mol. The fourth-order valence-corrected chi connectivity index (χ4v) is 2.20. The number of hydrogen-bond acceptors (Lipinski definition) is 8. The third kappa shape index (κ3) is 6.29. The Bertz CT molecular complexity index is 1170. The van der Waals surface area contributed by atoms with Crippen molar-refractivity contribution in [3.8, 4) is 11.6 Å². The van der Waals surface area contributed by atoms with Crippen molar-refractivity contribution < 1.29 is 40.6 Å². The molecule has 0 spiro atoms. The number of carbonyl (C=O) groups excluding carboxylic acids is 1. The first-order valence-electron chi connectivity index (χ1n) is 8.38. The molecule has 0 saturated heterocycles.